The molecule has 0 fully saturated rings. The Morgan fingerprint density at radius 1 is 1.50 bits per heavy atom. The fraction of sp³-hybridized carbons (Fsp3) is 0.308. The van der Waals surface area contributed by atoms with Gasteiger partial charge in [-0.2, -0.15) is 4.98 Å². The molecule has 0 radical (unpaired) electrons. The van der Waals surface area contributed by atoms with Gasteiger partial charge in [0.25, 0.3) is 5.89 Å². The monoisotopic (exact) mass is 388 g/mol. The summed E-state index contributed by atoms with van der Waals surface area (Å²) in [6.07, 6.45) is 1.70. The minimum absolute atomic E-state index is 0.121. The highest BCUT2D eigenvalue weighted by Gasteiger charge is 2.10. The van der Waals surface area contributed by atoms with Crippen LogP contribution < -0.4 is 4.74 Å². The number of hydrogen-bond donors (Lipinski definition) is 1. The predicted molar refractivity (Wildman–Crippen MR) is 78.7 cm³/mol. The smallest absolute Gasteiger partial charge is 0.335 e. The normalized spacial score (nSPS) is 10.5. The van der Waals surface area contributed by atoms with Crippen molar-refractivity contribution in [2.75, 3.05) is 0 Å². The van der Waals surface area contributed by atoms with Gasteiger partial charge in [0.15, 0.2) is 12.4 Å². The van der Waals surface area contributed by atoms with E-state index in [0.29, 0.717) is 17.5 Å². The van der Waals surface area contributed by atoms with Crippen LogP contribution in [0.1, 0.15) is 35.4 Å². The van der Waals surface area contributed by atoms with Crippen LogP contribution in [-0.2, 0) is 13.0 Å². The van der Waals surface area contributed by atoms with Crippen LogP contribution in [0.2, 0.25) is 0 Å². The summed E-state index contributed by atoms with van der Waals surface area (Å²) in [4.78, 5) is 15.1. The summed E-state index contributed by atoms with van der Waals surface area (Å²) >= 11 is 2.08. The van der Waals surface area contributed by atoms with Crippen LogP contribution in [0.4, 0.5) is 0 Å². The number of nitrogens with zero attached hydrogens (tertiary/aromatic N) is 2. The summed E-state index contributed by atoms with van der Waals surface area (Å²) in [6, 6.07) is 4.70. The molecular weight excluding hydrogens is 375 g/mol. The molecule has 6 nitrogen and oxygen atoms in total. The number of hydrogen-bond acceptors (Lipinski definition) is 5. The molecule has 0 saturated heterocycles. The number of aromatic nitrogens is 2. The number of aromatic carboxylic acids is 1. The van der Waals surface area contributed by atoms with Crippen molar-refractivity contribution in [1.29, 1.82) is 0 Å². The highest BCUT2D eigenvalue weighted by Crippen LogP contribution is 2.23. The molecular formula is C13H13IN2O4. The van der Waals surface area contributed by atoms with E-state index in [0.717, 1.165) is 16.4 Å². The van der Waals surface area contributed by atoms with Crippen molar-refractivity contribution in [3.05, 3.63) is 39.0 Å². The fourth-order valence-corrected chi connectivity index (χ4v) is 2.05. The maximum Gasteiger partial charge on any atom is 0.335 e. The molecule has 0 atom stereocenters. The summed E-state index contributed by atoms with van der Waals surface area (Å²) in [5.41, 5.74) is 0.178. The Kier molecular flexibility index (Phi) is 4.94. The van der Waals surface area contributed by atoms with E-state index in [2.05, 4.69) is 32.7 Å². The van der Waals surface area contributed by atoms with Gasteiger partial charge >= 0.3 is 5.97 Å². The summed E-state index contributed by atoms with van der Waals surface area (Å²) in [5.74, 6) is 0.528. The lowest BCUT2D eigenvalue weighted by Gasteiger charge is -2.06. The zero-order valence-electron chi connectivity index (χ0n) is 10.8. The summed E-state index contributed by atoms with van der Waals surface area (Å²) in [7, 11) is 0. The van der Waals surface area contributed by atoms with E-state index in [1.165, 1.54) is 12.1 Å². The Balaban J connectivity index is 2.05. The molecule has 0 aliphatic rings. The van der Waals surface area contributed by atoms with Gasteiger partial charge in [-0.1, -0.05) is 12.1 Å². The molecule has 0 unspecified atom stereocenters. The molecule has 0 bridgehead atoms. The number of ether oxygens (including phenoxy) is 1. The van der Waals surface area contributed by atoms with Crippen LogP contribution in [0.25, 0.3) is 0 Å². The van der Waals surface area contributed by atoms with Crippen molar-refractivity contribution in [2.45, 2.75) is 26.4 Å². The Morgan fingerprint density at radius 3 is 3.00 bits per heavy atom. The van der Waals surface area contributed by atoms with Gasteiger partial charge in [-0.25, -0.2) is 4.79 Å². The maximum absolute atomic E-state index is 10.9. The van der Waals surface area contributed by atoms with E-state index in [9.17, 15) is 4.79 Å². The number of aryl methyl sites for hydroxylation is 1. The van der Waals surface area contributed by atoms with Gasteiger partial charge in [-0.15, -0.1) is 0 Å². The largest absolute Gasteiger partial charge is 0.483 e. The molecule has 0 saturated carbocycles. The molecule has 1 heterocycles. The molecule has 0 spiro atoms. The third-order valence-electron chi connectivity index (χ3n) is 2.51. The maximum atomic E-state index is 10.9. The van der Waals surface area contributed by atoms with E-state index in [1.807, 2.05) is 6.92 Å². The summed E-state index contributed by atoms with van der Waals surface area (Å²) in [6.45, 7) is 2.15. The molecule has 0 aliphatic carbocycles. The van der Waals surface area contributed by atoms with Crippen molar-refractivity contribution < 1.29 is 19.2 Å². The molecule has 2 aromatic rings. The van der Waals surface area contributed by atoms with Crippen LogP contribution in [0.15, 0.2) is 22.7 Å². The number of benzene rings is 1. The van der Waals surface area contributed by atoms with Gasteiger partial charge in [0.2, 0.25) is 0 Å². The predicted octanol–water partition coefficient (Wildman–Crippen LogP) is 2.90. The van der Waals surface area contributed by atoms with Crippen LogP contribution in [0.5, 0.6) is 5.75 Å². The zero-order valence-corrected chi connectivity index (χ0v) is 13.0. The number of halogens is 1. The van der Waals surface area contributed by atoms with Crippen molar-refractivity contribution in [3.63, 3.8) is 0 Å². The number of rotatable bonds is 6. The van der Waals surface area contributed by atoms with Crippen molar-refractivity contribution in [3.8, 4) is 5.75 Å². The number of carboxylic acids is 1. The lowest BCUT2D eigenvalue weighted by molar-refractivity contribution is 0.0696. The van der Waals surface area contributed by atoms with Crippen molar-refractivity contribution >= 4 is 28.6 Å². The topological polar surface area (TPSA) is 85.5 Å². The molecule has 1 aromatic carbocycles. The van der Waals surface area contributed by atoms with E-state index in [1.54, 1.807) is 6.07 Å². The van der Waals surface area contributed by atoms with Gasteiger partial charge in [0.05, 0.1) is 9.13 Å². The first kappa shape index (κ1) is 14.8. The molecule has 2 rings (SSSR count). The lowest BCUT2D eigenvalue weighted by atomic mass is 10.2. The highest BCUT2D eigenvalue weighted by atomic mass is 127. The van der Waals surface area contributed by atoms with Crippen LogP contribution in [-0.4, -0.2) is 21.2 Å². The van der Waals surface area contributed by atoms with Crippen LogP contribution in [0.3, 0.4) is 0 Å². The minimum Gasteiger partial charge on any atom is -0.483 e. The van der Waals surface area contributed by atoms with Gasteiger partial charge in [-0.3, -0.25) is 0 Å². The van der Waals surface area contributed by atoms with Gasteiger partial charge < -0.3 is 14.4 Å². The molecule has 20 heavy (non-hydrogen) atoms. The fourth-order valence-electron chi connectivity index (χ4n) is 1.56. The second kappa shape index (κ2) is 6.69. The van der Waals surface area contributed by atoms with Gasteiger partial charge in [0, 0.05) is 6.42 Å². The van der Waals surface area contributed by atoms with Gasteiger partial charge in [0.1, 0.15) is 5.75 Å². The second-order valence-electron chi connectivity index (χ2n) is 4.09. The molecule has 106 valence electrons. The Labute approximate surface area is 129 Å². The molecule has 0 amide bonds. The van der Waals surface area contributed by atoms with Gasteiger partial charge in [-0.05, 0) is 47.2 Å². The summed E-state index contributed by atoms with van der Waals surface area (Å²) in [5, 5.41) is 12.8. The highest BCUT2D eigenvalue weighted by molar-refractivity contribution is 14.1. The Morgan fingerprint density at radius 2 is 2.30 bits per heavy atom. The first-order chi connectivity index (χ1) is 9.60. The average molecular weight is 388 g/mol. The molecule has 1 aromatic heterocycles. The van der Waals surface area contributed by atoms with E-state index in [-0.39, 0.29) is 12.2 Å². The standard InChI is InChI=1S/C13H13IN2O4/c1-2-3-11-15-12(20-16-11)7-19-10-6-8(13(17)18)4-5-9(10)14/h4-6H,2-3,7H2,1H3,(H,17,18). The molecule has 7 heteroatoms. The Hall–Kier alpha value is -1.64. The van der Waals surface area contributed by atoms with Crippen LogP contribution >= 0.6 is 22.6 Å². The zero-order chi connectivity index (χ0) is 14.5. The van der Waals surface area contributed by atoms with E-state index in [4.69, 9.17) is 14.4 Å². The minimum atomic E-state index is -0.991. The second-order valence-corrected chi connectivity index (χ2v) is 5.26. The van der Waals surface area contributed by atoms with Crippen molar-refractivity contribution in [1.82, 2.24) is 10.1 Å². The van der Waals surface area contributed by atoms with Crippen molar-refractivity contribution in [2.24, 2.45) is 0 Å². The van der Waals surface area contributed by atoms with E-state index < -0.39 is 5.97 Å². The first-order valence-electron chi connectivity index (χ1n) is 6.07. The SMILES string of the molecule is CCCc1noc(COc2cc(C(=O)O)ccc2I)n1. The average Bonchev–Trinajstić information content (AvgIpc) is 2.86. The lowest BCUT2D eigenvalue weighted by Crippen LogP contribution is -2.01. The summed E-state index contributed by atoms with van der Waals surface area (Å²) < 4.78 is 11.4. The third-order valence-corrected chi connectivity index (χ3v) is 3.40. The van der Waals surface area contributed by atoms with Crippen LogP contribution in [0, 0.1) is 3.57 Å². The molecule has 1 N–H and O–H groups in total. The molecule has 0 aliphatic heterocycles. The number of carbonyl (C=O) groups is 1. The third kappa shape index (κ3) is 3.69. The quantitative estimate of drug-likeness (QED) is 0.767. The van der Waals surface area contributed by atoms with E-state index >= 15 is 0 Å². The number of carboxylic acid groups (broad SMARTS) is 1. The first-order valence-corrected chi connectivity index (χ1v) is 7.15. The Bertz CT molecular complexity index is 612.